The molecule has 0 unspecified atom stereocenters. The zero-order valence-electron chi connectivity index (χ0n) is 16.3. The second kappa shape index (κ2) is 11.8. The molecule has 0 spiro atoms. The zero-order valence-corrected chi connectivity index (χ0v) is 16.3. The molecule has 0 atom stereocenters. The topological polar surface area (TPSA) is 131 Å². The van der Waals surface area contributed by atoms with E-state index in [-0.39, 0.29) is 38.3 Å². The number of aliphatic carboxylic acids is 2. The lowest BCUT2D eigenvalue weighted by Gasteiger charge is -2.33. The smallest absolute Gasteiger partial charge is 0.317 e. The fourth-order valence-electron chi connectivity index (χ4n) is 3.58. The largest absolute Gasteiger partial charge is 0.480 e. The Morgan fingerprint density at radius 3 is 2.21 bits per heavy atom. The van der Waals surface area contributed by atoms with Crippen LogP contribution in [-0.4, -0.2) is 103 Å². The predicted molar refractivity (Wildman–Crippen MR) is 101 cm³/mol. The number of likely N-dealkylation sites (tertiary alicyclic amines) is 1. The second-order valence-corrected chi connectivity index (χ2v) is 7.44. The van der Waals surface area contributed by atoms with Gasteiger partial charge in [-0.2, -0.15) is 0 Å². The van der Waals surface area contributed by atoms with E-state index in [1.807, 2.05) is 0 Å². The first-order valence-electron chi connectivity index (χ1n) is 9.95. The van der Waals surface area contributed by atoms with E-state index < -0.39 is 11.9 Å². The van der Waals surface area contributed by atoms with E-state index in [9.17, 15) is 14.4 Å². The van der Waals surface area contributed by atoms with Gasteiger partial charge in [0.2, 0.25) is 0 Å². The molecule has 0 radical (unpaired) electrons. The Balaban J connectivity index is 1.61. The highest BCUT2D eigenvalue weighted by Crippen LogP contribution is 2.18. The van der Waals surface area contributed by atoms with Gasteiger partial charge >= 0.3 is 18.0 Å². The summed E-state index contributed by atoms with van der Waals surface area (Å²) in [5, 5.41) is 23.7. The van der Waals surface area contributed by atoms with Gasteiger partial charge in [0.1, 0.15) is 0 Å². The van der Waals surface area contributed by atoms with Gasteiger partial charge in [-0.1, -0.05) is 0 Å². The average Bonchev–Trinajstić information content (AvgIpc) is 2.66. The Labute approximate surface area is 165 Å². The van der Waals surface area contributed by atoms with Crippen LogP contribution in [0, 0.1) is 5.92 Å². The molecule has 0 bridgehead atoms. The molecule has 10 nitrogen and oxygen atoms in total. The summed E-state index contributed by atoms with van der Waals surface area (Å²) in [4.78, 5) is 36.8. The van der Waals surface area contributed by atoms with Crippen molar-refractivity contribution in [1.82, 2.24) is 20.4 Å². The summed E-state index contributed by atoms with van der Waals surface area (Å²) in [6.07, 6.45) is 4.12. The summed E-state index contributed by atoms with van der Waals surface area (Å²) in [5.41, 5.74) is 0. The standard InChI is InChI=1S/C18H32N4O6/c23-16(24)11-21(12-17(25)26)10-7-20-18(27)22-8-3-15(4-9-22)28-13-14-1-5-19-6-2-14/h14-15,19H,1-13H2,(H,20,27)(H,23,24)(H,25,26). The van der Waals surface area contributed by atoms with E-state index in [2.05, 4.69) is 10.6 Å². The van der Waals surface area contributed by atoms with Gasteiger partial charge in [-0.05, 0) is 44.7 Å². The molecule has 0 aromatic rings. The van der Waals surface area contributed by atoms with Crippen molar-refractivity contribution in [3.05, 3.63) is 0 Å². The number of rotatable bonds is 10. The molecule has 0 saturated carbocycles. The monoisotopic (exact) mass is 400 g/mol. The van der Waals surface area contributed by atoms with Gasteiger partial charge in [-0.25, -0.2) is 4.79 Å². The average molecular weight is 400 g/mol. The van der Waals surface area contributed by atoms with Gasteiger partial charge in [0, 0.05) is 32.8 Å². The van der Waals surface area contributed by atoms with Crippen LogP contribution in [0.2, 0.25) is 0 Å². The molecule has 0 aliphatic carbocycles. The Kier molecular flexibility index (Phi) is 9.45. The van der Waals surface area contributed by atoms with Gasteiger partial charge in [0.05, 0.1) is 19.2 Å². The van der Waals surface area contributed by atoms with Crippen molar-refractivity contribution in [2.45, 2.75) is 31.8 Å². The molecule has 2 heterocycles. The number of amides is 2. The van der Waals surface area contributed by atoms with Gasteiger partial charge in [0.15, 0.2) is 0 Å². The number of carbonyl (C=O) groups is 3. The van der Waals surface area contributed by atoms with Crippen molar-refractivity contribution in [3.8, 4) is 0 Å². The first kappa shape index (κ1) is 22.4. The van der Waals surface area contributed by atoms with E-state index in [4.69, 9.17) is 14.9 Å². The maximum Gasteiger partial charge on any atom is 0.317 e. The number of hydrogen-bond donors (Lipinski definition) is 4. The molecule has 0 aromatic carbocycles. The zero-order chi connectivity index (χ0) is 20.4. The summed E-state index contributed by atoms with van der Waals surface area (Å²) in [6.45, 7) is 3.77. The van der Waals surface area contributed by atoms with Gasteiger partial charge in [0.25, 0.3) is 0 Å². The van der Waals surface area contributed by atoms with Crippen molar-refractivity contribution in [2.24, 2.45) is 5.92 Å². The van der Waals surface area contributed by atoms with Crippen LogP contribution in [-0.2, 0) is 14.3 Å². The van der Waals surface area contributed by atoms with E-state index in [0.717, 1.165) is 45.4 Å². The maximum atomic E-state index is 12.3. The Morgan fingerprint density at radius 1 is 1.04 bits per heavy atom. The molecule has 2 amide bonds. The van der Waals surface area contributed by atoms with Crippen LogP contribution in [0.15, 0.2) is 0 Å². The third kappa shape index (κ3) is 8.41. The lowest BCUT2D eigenvalue weighted by atomic mass is 9.99. The number of carbonyl (C=O) groups excluding carboxylic acids is 1. The molecular formula is C18H32N4O6. The van der Waals surface area contributed by atoms with Gasteiger partial charge in [-0.3, -0.25) is 14.5 Å². The lowest BCUT2D eigenvalue weighted by Crippen LogP contribution is -2.48. The fraction of sp³-hybridized carbons (Fsp3) is 0.833. The van der Waals surface area contributed by atoms with Crippen molar-refractivity contribution >= 4 is 18.0 Å². The summed E-state index contributed by atoms with van der Waals surface area (Å²) in [6, 6.07) is -0.206. The van der Waals surface area contributed by atoms with Crippen LogP contribution in [0.3, 0.4) is 0 Å². The Morgan fingerprint density at radius 2 is 1.64 bits per heavy atom. The fourth-order valence-corrected chi connectivity index (χ4v) is 3.58. The van der Waals surface area contributed by atoms with E-state index >= 15 is 0 Å². The number of nitrogens with one attached hydrogen (secondary N) is 2. The van der Waals surface area contributed by atoms with Crippen LogP contribution < -0.4 is 10.6 Å². The Bertz CT molecular complexity index is 502. The minimum absolute atomic E-state index is 0.167. The molecule has 160 valence electrons. The molecule has 2 rings (SSSR count). The van der Waals surface area contributed by atoms with Crippen molar-refractivity contribution in [1.29, 1.82) is 0 Å². The summed E-state index contributed by atoms with van der Waals surface area (Å²) in [7, 11) is 0. The van der Waals surface area contributed by atoms with Crippen molar-refractivity contribution in [3.63, 3.8) is 0 Å². The number of carboxylic acids is 2. The highest BCUT2D eigenvalue weighted by Gasteiger charge is 2.24. The first-order valence-corrected chi connectivity index (χ1v) is 9.95. The van der Waals surface area contributed by atoms with Crippen LogP contribution in [0.5, 0.6) is 0 Å². The Hall–Kier alpha value is -1.91. The number of piperidine rings is 2. The molecular weight excluding hydrogens is 368 g/mol. The minimum atomic E-state index is -1.10. The number of urea groups is 1. The van der Waals surface area contributed by atoms with Crippen LogP contribution in [0.1, 0.15) is 25.7 Å². The van der Waals surface area contributed by atoms with Crippen LogP contribution in [0.4, 0.5) is 4.79 Å². The number of ether oxygens (including phenoxy) is 1. The SMILES string of the molecule is O=C(O)CN(CCNC(=O)N1CCC(OCC2CCNCC2)CC1)CC(=O)O. The minimum Gasteiger partial charge on any atom is -0.480 e. The first-order chi connectivity index (χ1) is 13.4. The second-order valence-electron chi connectivity index (χ2n) is 7.44. The quantitative estimate of drug-likeness (QED) is 0.391. The van der Waals surface area contributed by atoms with E-state index in [1.165, 1.54) is 4.90 Å². The van der Waals surface area contributed by atoms with E-state index in [0.29, 0.717) is 19.0 Å². The van der Waals surface area contributed by atoms with Gasteiger partial charge < -0.3 is 30.5 Å². The summed E-state index contributed by atoms with van der Waals surface area (Å²) in [5.74, 6) is -1.57. The predicted octanol–water partition coefficient (Wildman–Crippen LogP) is -0.352. The molecule has 2 fully saturated rings. The molecule has 2 aliphatic rings. The molecule has 2 saturated heterocycles. The molecule has 4 N–H and O–H groups in total. The molecule has 2 aliphatic heterocycles. The number of hydrogen-bond acceptors (Lipinski definition) is 6. The number of nitrogens with zero attached hydrogens (tertiary/aromatic N) is 2. The van der Waals surface area contributed by atoms with Crippen molar-refractivity contribution < 1.29 is 29.3 Å². The van der Waals surface area contributed by atoms with Crippen molar-refractivity contribution in [2.75, 3.05) is 59.0 Å². The summed E-state index contributed by atoms with van der Waals surface area (Å²) < 4.78 is 6.03. The molecule has 28 heavy (non-hydrogen) atoms. The third-order valence-electron chi connectivity index (χ3n) is 5.18. The number of carboxylic acid groups (broad SMARTS) is 2. The molecule has 10 heteroatoms. The van der Waals surface area contributed by atoms with E-state index in [1.54, 1.807) is 4.90 Å². The highest BCUT2D eigenvalue weighted by atomic mass is 16.5. The van der Waals surface area contributed by atoms with Gasteiger partial charge in [-0.15, -0.1) is 0 Å². The van der Waals surface area contributed by atoms with Crippen LogP contribution >= 0.6 is 0 Å². The molecule has 0 aromatic heterocycles. The van der Waals surface area contributed by atoms with Crippen LogP contribution in [0.25, 0.3) is 0 Å². The highest BCUT2D eigenvalue weighted by molar-refractivity contribution is 5.74. The summed E-state index contributed by atoms with van der Waals surface area (Å²) >= 11 is 0. The lowest BCUT2D eigenvalue weighted by molar-refractivity contribution is -0.141. The normalized spacial score (nSPS) is 19.0. The maximum absolute atomic E-state index is 12.3. The third-order valence-corrected chi connectivity index (χ3v) is 5.18.